The van der Waals surface area contributed by atoms with Crippen LogP contribution in [0, 0.1) is 11.8 Å². The maximum absolute atomic E-state index is 15.0. The number of likely N-dealkylation sites (N-methyl/N-ethyl adjacent to an activating group) is 7. The highest BCUT2D eigenvalue weighted by atomic mass is 35.5. The molecule has 10 atom stereocenters. The Morgan fingerprint density at radius 2 is 1.26 bits per heavy atom. The maximum atomic E-state index is 15.0. The van der Waals surface area contributed by atoms with Crippen molar-refractivity contribution < 1.29 is 65.9 Å². The van der Waals surface area contributed by atoms with E-state index in [1.54, 1.807) is 20.8 Å². The molecule has 5 rings (SSSR count). The molecule has 88 heavy (non-hydrogen) atoms. The molecule has 3 aliphatic heterocycles. The molecular formula is C62H95ClF3N11O11. The van der Waals surface area contributed by atoms with Crippen LogP contribution in [-0.4, -0.2) is 238 Å². The summed E-state index contributed by atoms with van der Waals surface area (Å²) in [6.45, 7) is 12.6. The number of fused-ring (bicyclic) bond motifs is 2. The molecule has 0 spiro atoms. The Morgan fingerprint density at radius 1 is 0.648 bits per heavy atom. The van der Waals surface area contributed by atoms with E-state index in [9.17, 15) is 65.9 Å². The molecule has 0 unspecified atom stereocenters. The van der Waals surface area contributed by atoms with Gasteiger partial charge in [-0.25, -0.2) is 0 Å². The van der Waals surface area contributed by atoms with Crippen molar-refractivity contribution in [3.05, 3.63) is 34.3 Å². The van der Waals surface area contributed by atoms with E-state index in [0.717, 1.165) is 49.1 Å². The lowest BCUT2D eigenvalue weighted by Crippen LogP contribution is -2.65. The van der Waals surface area contributed by atoms with Gasteiger partial charge in [0.05, 0.1) is 17.1 Å². The van der Waals surface area contributed by atoms with Gasteiger partial charge in [-0.05, 0) is 109 Å². The Kier molecular flexibility index (Phi) is 24.9. The third-order valence-electron chi connectivity index (χ3n) is 19.3. The Balaban J connectivity index is 1.54. The van der Waals surface area contributed by atoms with Gasteiger partial charge in [0.1, 0.15) is 53.9 Å². The standard InChI is InChI=1S/C62H95ClF3N11O11/c1-16-36(3)51-59(87)72(12)39(6)53(81)77-31-29-47(77)57(85)73(13)48(34-40-22-19-18-20-23-40)55(83)69(9)35-49(78)67-44(28-26-41-25-27-42(43(63)33-41)62(64,65)66)54(82)76-30-21-24-46(76)58(86)75(15)61(7,8)60(88)74(14)45(17-2)56(84)70(10)37(4)32-50(79)71(11)38(5)52(80)68-51/h25,27,33,36-40,44-48,51H,16-24,26,28-32,34-35H2,1-15H3,(H,67,78)(H,68,80)/t36-,37+,38-,39-,44-,45-,46-,47-,48-,51-/m0/s1. The number of nitrogens with zero attached hydrogens (tertiary/aromatic N) is 9. The number of nitrogens with one attached hydrogen (secondary N) is 2. The molecule has 4 fully saturated rings. The van der Waals surface area contributed by atoms with Gasteiger partial charge in [0, 0.05) is 74.9 Å². The van der Waals surface area contributed by atoms with Gasteiger partial charge < -0.3 is 54.7 Å². The smallest absolute Gasteiger partial charge is 0.343 e. The van der Waals surface area contributed by atoms with Gasteiger partial charge in [0.25, 0.3) is 0 Å². The van der Waals surface area contributed by atoms with Crippen LogP contribution in [0.15, 0.2) is 18.2 Å². The molecule has 2 N–H and O–H groups in total. The van der Waals surface area contributed by atoms with Crippen molar-refractivity contribution in [1.29, 1.82) is 0 Å². The Labute approximate surface area is 521 Å². The average molecular weight is 1260 g/mol. The summed E-state index contributed by atoms with van der Waals surface area (Å²) >= 11 is 6.10. The van der Waals surface area contributed by atoms with E-state index in [4.69, 9.17) is 11.6 Å². The van der Waals surface area contributed by atoms with Crippen LogP contribution >= 0.6 is 11.6 Å². The molecule has 3 saturated heterocycles. The van der Waals surface area contributed by atoms with E-state index in [0.29, 0.717) is 18.4 Å². The summed E-state index contributed by atoms with van der Waals surface area (Å²) in [4.78, 5) is 171. The first-order valence-corrected chi connectivity index (χ1v) is 31.3. The summed E-state index contributed by atoms with van der Waals surface area (Å²) in [5.74, 6) is -7.10. The maximum Gasteiger partial charge on any atom is 0.417 e. The predicted octanol–water partition coefficient (Wildman–Crippen LogP) is 4.57. The highest BCUT2D eigenvalue weighted by molar-refractivity contribution is 6.31. The third-order valence-corrected chi connectivity index (χ3v) is 19.6. The summed E-state index contributed by atoms with van der Waals surface area (Å²) in [6, 6.07) is -6.69. The zero-order valence-electron chi connectivity index (χ0n) is 54.1. The quantitative estimate of drug-likeness (QED) is 0.365. The number of amides is 11. The molecule has 1 saturated carbocycles. The Hall–Kier alpha value is -6.53. The zero-order chi connectivity index (χ0) is 66.2. The van der Waals surface area contributed by atoms with Crippen LogP contribution < -0.4 is 10.6 Å². The molecule has 0 aromatic heterocycles. The van der Waals surface area contributed by atoms with Gasteiger partial charge in [0.15, 0.2) is 0 Å². The molecule has 22 nitrogen and oxygen atoms in total. The number of carbonyl (C=O) groups is 11. The van der Waals surface area contributed by atoms with E-state index >= 15 is 0 Å². The molecule has 0 bridgehead atoms. The first-order valence-electron chi connectivity index (χ1n) is 30.9. The highest BCUT2D eigenvalue weighted by Crippen LogP contribution is 2.36. The van der Waals surface area contributed by atoms with Crippen molar-refractivity contribution in [3.8, 4) is 0 Å². The number of benzene rings is 1. The van der Waals surface area contributed by atoms with Crippen molar-refractivity contribution in [3.63, 3.8) is 0 Å². The molecule has 4 aliphatic rings. The van der Waals surface area contributed by atoms with Gasteiger partial charge in [-0.15, -0.1) is 0 Å². The predicted molar refractivity (Wildman–Crippen MR) is 323 cm³/mol. The summed E-state index contributed by atoms with van der Waals surface area (Å²) in [6.07, 6.45) is 0.742. The molecule has 3 heterocycles. The minimum atomic E-state index is -4.74. The Bertz CT molecular complexity index is 2770. The number of alkyl halides is 3. The van der Waals surface area contributed by atoms with Crippen LogP contribution in [0.2, 0.25) is 5.02 Å². The molecule has 1 aromatic rings. The zero-order valence-corrected chi connectivity index (χ0v) is 54.9. The summed E-state index contributed by atoms with van der Waals surface area (Å²) in [5.41, 5.74) is -2.39. The van der Waals surface area contributed by atoms with E-state index in [1.165, 1.54) is 122 Å². The van der Waals surface area contributed by atoms with E-state index < -0.39 is 154 Å². The van der Waals surface area contributed by atoms with Crippen molar-refractivity contribution in [1.82, 2.24) is 54.7 Å². The minimum Gasteiger partial charge on any atom is -0.343 e. The highest BCUT2D eigenvalue weighted by Gasteiger charge is 2.48. The third kappa shape index (κ3) is 16.5. The largest absolute Gasteiger partial charge is 0.417 e. The number of halogens is 4. The van der Waals surface area contributed by atoms with Crippen LogP contribution in [0.1, 0.15) is 150 Å². The molecule has 492 valence electrons. The molecule has 1 aromatic carbocycles. The number of carbonyl (C=O) groups excluding carboxylic acids is 11. The van der Waals surface area contributed by atoms with Gasteiger partial charge in [-0.3, -0.25) is 52.7 Å². The van der Waals surface area contributed by atoms with E-state index in [2.05, 4.69) is 10.6 Å². The average Bonchev–Trinajstić information content (AvgIpc) is 2.22. The Morgan fingerprint density at radius 3 is 1.83 bits per heavy atom. The normalized spacial score (nSPS) is 28.2. The van der Waals surface area contributed by atoms with Crippen LogP contribution in [0.25, 0.3) is 0 Å². The number of aryl methyl sites for hydroxylation is 1. The van der Waals surface area contributed by atoms with Crippen LogP contribution in [0.3, 0.4) is 0 Å². The van der Waals surface area contributed by atoms with Gasteiger partial charge >= 0.3 is 6.18 Å². The second kappa shape index (κ2) is 30.3. The lowest BCUT2D eigenvalue weighted by atomic mass is 9.84. The van der Waals surface area contributed by atoms with Crippen LogP contribution in [0.5, 0.6) is 0 Å². The number of rotatable bonds is 8. The van der Waals surface area contributed by atoms with Gasteiger partial charge in [-0.1, -0.05) is 77.0 Å². The SMILES string of the molecule is CC[C@H](C)[C@@H]1NC(=O)[C@H](C)N(C)C(=O)C[C@@H](C)N(C)C(=O)[C@H](CC)N(C)C(=O)C(C)(C)N(C)C(=O)[C@@H]2CCCN2C(=O)[C@H](CCc2ccc(C(F)(F)F)c(Cl)c2)NC(=O)CN(C)C(=O)[C@H](CC2CCCCC2)N(C)C(=O)[C@@H]2CCN2C(=O)[C@H](C)N(C)C1=O. The fourth-order valence-electron chi connectivity index (χ4n) is 12.2. The summed E-state index contributed by atoms with van der Waals surface area (Å²) in [7, 11) is 10.0. The molecule has 0 radical (unpaired) electrons. The van der Waals surface area contributed by atoms with Crippen molar-refractivity contribution >= 4 is 76.6 Å². The summed E-state index contributed by atoms with van der Waals surface area (Å²) < 4.78 is 41.2. The minimum absolute atomic E-state index is 0.0382. The van der Waals surface area contributed by atoms with Crippen LogP contribution in [-0.2, 0) is 65.3 Å². The summed E-state index contributed by atoms with van der Waals surface area (Å²) in [5, 5.41) is 4.99. The van der Waals surface area contributed by atoms with Crippen molar-refractivity contribution in [2.75, 3.05) is 69.0 Å². The van der Waals surface area contributed by atoms with Gasteiger partial charge in [-0.2, -0.15) is 13.2 Å². The number of hydrogen-bond donors (Lipinski definition) is 2. The topological polar surface area (TPSA) is 241 Å². The van der Waals surface area contributed by atoms with Crippen LogP contribution in [0.4, 0.5) is 13.2 Å². The molecular weight excluding hydrogens is 1170 g/mol. The second-order valence-corrected chi connectivity index (χ2v) is 25.8. The monoisotopic (exact) mass is 1260 g/mol. The lowest BCUT2D eigenvalue weighted by molar-refractivity contribution is -0.160. The van der Waals surface area contributed by atoms with Crippen molar-refractivity contribution in [2.45, 2.75) is 211 Å². The molecule has 1 aliphatic carbocycles. The fourth-order valence-corrected chi connectivity index (χ4v) is 12.5. The molecule has 26 heteroatoms. The van der Waals surface area contributed by atoms with Gasteiger partial charge in [0.2, 0.25) is 65.0 Å². The first-order chi connectivity index (χ1) is 41.0. The first kappa shape index (κ1) is 72.2. The number of hydrogen-bond acceptors (Lipinski definition) is 11. The fraction of sp³-hybridized carbons (Fsp3) is 0.726. The lowest BCUT2D eigenvalue weighted by Gasteiger charge is -2.45. The second-order valence-electron chi connectivity index (χ2n) is 25.4. The van der Waals surface area contributed by atoms with E-state index in [1.807, 2.05) is 6.92 Å². The van der Waals surface area contributed by atoms with Crippen molar-refractivity contribution in [2.24, 2.45) is 11.8 Å². The molecule has 11 amide bonds. The van der Waals surface area contributed by atoms with E-state index in [-0.39, 0.29) is 64.0 Å².